The molecule has 0 aliphatic heterocycles. The number of phosphoric ester groups is 1. The predicted octanol–water partition coefficient (Wildman–Crippen LogP) is 11.9. The minimum atomic E-state index is -5.25. The largest absolute Gasteiger partial charge is 0.530 e. The lowest BCUT2D eigenvalue weighted by Gasteiger charge is -2.31. The van der Waals surface area contributed by atoms with E-state index in [1.165, 1.54) is 67.5 Å². The molecule has 2 aliphatic carbocycles. The monoisotopic (exact) mass is 1380 g/mol. The van der Waals surface area contributed by atoms with Crippen LogP contribution in [0.25, 0.3) is 22.0 Å². The number of sulfonamides is 1. The first kappa shape index (κ1) is 70.8. The standard InChI is InChI=1S/C59H61ClF10N7O12PS2/c1-29(2)87-90(82,88-30(3)4)89-44-18-31(5)17-33(22-47(80)81)50(44)55(6,7)25-45(78)75-92(85,86)27-43-49-41(60)14-13-38(52(49)77(73-43)28-57(63,64)65)37-12-11-36(15-16-56(8,9)91(10,83)84)71-51(37)42(21-32-19-34(61)23-35(62)20-32)72-46(79)26-76-54-48(53(74-76)59(68,69)70)39-24-40(39)58(54,66)67/h11-14,17-20,23,29-30,39-40,42H,21-22,24-28H2,1-10H3,(H,72,79)(H,75,78)(H,80,81)/t39-,40+,42-/m0/s1. The number of pyridine rings is 1. The number of fused-ring (bicyclic) bond motifs is 4. The number of sulfone groups is 1. The van der Waals surface area contributed by atoms with Gasteiger partial charge in [-0.25, -0.2) is 35.2 Å². The van der Waals surface area contributed by atoms with Crippen molar-refractivity contribution in [3.63, 3.8) is 0 Å². The highest BCUT2D eigenvalue weighted by molar-refractivity contribution is 7.92. The highest BCUT2D eigenvalue weighted by Gasteiger charge is 2.68. The molecule has 3 heterocycles. The van der Waals surface area contributed by atoms with E-state index < -0.39 is 198 Å². The second-order valence-electron chi connectivity index (χ2n) is 24.2. The van der Waals surface area contributed by atoms with E-state index >= 15 is 8.78 Å². The van der Waals surface area contributed by atoms with Crippen LogP contribution < -0.4 is 14.6 Å². The highest BCUT2D eigenvalue weighted by Crippen LogP contribution is 2.68. The molecule has 33 heteroatoms. The lowest BCUT2D eigenvalue weighted by Crippen LogP contribution is -2.36. The number of aryl methyl sites for hydroxylation is 1. The quantitative estimate of drug-likeness (QED) is 0.0306. The molecule has 6 aromatic rings. The fraction of sp³-hybridized carbons (Fsp3) is 0.458. The summed E-state index contributed by atoms with van der Waals surface area (Å²) in [7, 11) is -13.6. The smallest absolute Gasteiger partial charge is 0.481 e. The van der Waals surface area contributed by atoms with Crippen LogP contribution in [0.1, 0.15) is 136 Å². The lowest BCUT2D eigenvalue weighted by molar-refractivity contribution is -0.143. The van der Waals surface area contributed by atoms with E-state index in [0.29, 0.717) is 16.3 Å². The lowest BCUT2D eigenvalue weighted by atomic mass is 9.77. The number of amides is 2. The number of carbonyl (C=O) groups excluding carboxylic acids is 2. The van der Waals surface area contributed by atoms with Crippen molar-refractivity contribution >= 4 is 68.0 Å². The number of hydrogen-bond acceptors (Lipinski definition) is 14. The zero-order valence-electron chi connectivity index (χ0n) is 50.6. The molecule has 3 aromatic heterocycles. The number of rotatable bonds is 23. The number of nitrogens with zero attached hydrogens (tertiary/aromatic N) is 5. The molecule has 3 aromatic carbocycles. The van der Waals surface area contributed by atoms with Crippen LogP contribution in [0.15, 0.2) is 54.6 Å². The summed E-state index contributed by atoms with van der Waals surface area (Å²) in [5, 5.41) is 18.9. The molecule has 3 atom stereocenters. The van der Waals surface area contributed by atoms with Crippen LogP contribution in [0.4, 0.5) is 43.9 Å². The number of hydrogen-bond donors (Lipinski definition) is 3. The zero-order chi connectivity index (χ0) is 68.6. The summed E-state index contributed by atoms with van der Waals surface area (Å²) in [6.45, 7) is 9.70. The Morgan fingerprint density at radius 3 is 2.08 bits per heavy atom. The minimum absolute atomic E-state index is 0.0211. The first-order valence-corrected chi connectivity index (χ1v) is 33.4. The number of carboxylic acids is 1. The molecule has 0 unspecified atom stereocenters. The Hall–Kier alpha value is -7.10. The van der Waals surface area contributed by atoms with Gasteiger partial charge in [-0.05, 0) is 126 Å². The molecule has 0 bridgehead atoms. The van der Waals surface area contributed by atoms with Gasteiger partial charge >= 0.3 is 26.1 Å². The van der Waals surface area contributed by atoms with E-state index in [1.54, 1.807) is 6.92 Å². The number of nitrogens with one attached hydrogen (secondary N) is 2. The first-order valence-electron chi connectivity index (χ1n) is 28.0. The maximum atomic E-state index is 15.7. The number of carboxylic acid groups (broad SMARTS) is 1. The molecule has 19 nitrogen and oxygen atoms in total. The van der Waals surface area contributed by atoms with Crippen molar-refractivity contribution in [2.24, 2.45) is 5.92 Å². The summed E-state index contributed by atoms with van der Waals surface area (Å²) in [5.41, 5.74) is -7.85. The van der Waals surface area contributed by atoms with Crippen molar-refractivity contribution in [3.8, 4) is 28.7 Å². The van der Waals surface area contributed by atoms with Crippen LogP contribution in [0, 0.1) is 36.3 Å². The Morgan fingerprint density at radius 2 is 1.50 bits per heavy atom. The third-order valence-electron chi connectivity index (χ3n) is 14.8. The summed E-state index contributed by atoms with van der Waals surface area (Å²) < 4.78 is 235. The number of benzene rings is 3. The summed E-state index contributed by atoms with van der Waals surface area (Å²) >= 11 is 6.76. The van der Waals surface area contributed by atoms with Gasteiger partial charge in [-0.3, -0.25) is 37.5 Å². The molecule has 498 valence electrons. The molecule has 1 fully saturated rings. The van der Waals surface area contributed by atoms with E-state index in [-0.39, 0.29) is 50.4 Å². The van der Waals surface area contributed by atoms with Gasteiger partial charge < -0.3 is 14.9 Å². The first-order chi connectivity index (χ1) is 42.2. The van der Waals surface area contributed by atoms with E-state index in [1.807, 2.05) is 4.72 Å². The van der Waals surface area contributed by atoms with Gasteiger partial charge in [0.25, 0.3) is 5.92 Å². The molecule has 92 heavy (non-hydrogen) atoms. The van der Waals surface area contributed by atoms with Gasteiger partial charge in [0.05, 0.1) is 46.6 Å². The maximum Gasteiger partial charge on any atom is 0.530 e. The van der Waals surface area contributed by atoms with Gasteiger partial charge in [-0.2, -0.15) is 45.3 Å². The summed E-state index contributed by atoms with van der Waals surface area (Å²) in [5.74, 6) is -9.42. The fourth-order valence-corrected chi connectivity index (χ4v) is 14.1. The summed E-state index contributed by atoms with van der Waals surface area (Å²) in [6.07, 6.45) is -13.5. The highest BCUT2D eigenvalue weighted by atomic mass is 35.5. The van der Waals surface area contributed by atoms with Crippen LogP contribution in [0.2, 0.25) is 5.02 Å². The Bertz CT molecular complexity index is 4280. The van der Waals surface area contributed by atoms with Crippen LogP contribution in [-0.4, -0.2) is 93.7 Å². The number of halogens is 11. The number of aromatic nitrogens is 5. The molecule has 0 spiro atoms. The Balaban J connectivity index is 1.24. The molecule has 0 saturated heterocycles. The number of alkyl halides is 8. The van der Waals surface area contributed by atoms with E-state index in [2.05, 4.69) is 32.3 Å². The van der Waals surface area contributed by atoms with Crippen molar-refractivity contribution in [3.05, 3.63) is 128 Å². The SMILES string of the molecule is Cc1cc(CC(=O)O)c(C(C)(C)CC(=O)NS(=O)(=O)Cc2nn(CC(F)(F)F)c3c(-c4ccc(C#CC(C)(C)S(C)(=O)=O)nc4[C@H](Cc4cc(F)cc(F)c4)NC(=O)Cn4nc(C(F)(F)F)c5c4C(F)(F)[C@@H]4C[C@H]54)ccc(Cl)c23)c(OP(=O)(OC(C)C)OC(C)C)c1. The molecule has 2 aliphatic rings. The van der Waals surface area contributed by atoms with Gasteiger partial charge in [0.2, 0.25) is 21.8 Å². The van der Waals surface area contributed by atoms with Crippen LogP contribution >= 0.6 is 19.4 Å². The zero-order valence-corrected chi connectivity index (χ0v) is 53.9. The van der Waals surface area contributed by atoms with Gasteiger partial charge in [-0.1, -0.05) is 43.5 Å². The van der Waals surface area contributed by atoms with Crippen LogP contribution in [0.3, 0.4) is 0 Å². The van der Waals surface area contributed by atoms with E-state index in [9.17, 15) is 76.0 Å². The maximum absolute atomic E-state index is 15.7. The number of carbonyl (C=O) groups is 3. The predicted molar refractivity (Wildman–Crippen MR) is 314 cm³/mol. The number of aliphatic carboxylic acids is 1. The fourth-order valence-electron chi connectivity index (χ4n) is 11.0. The van der Waals surface area contributed by atoms with Gasteiger partial charge in [0.1, 0.15) is 52.4 Å². The van der Waals surface area contributed by atoms with Crippen molar-refractivity contribution in [2.75, 3.05) is 6.26 Å². The van der Waals surface area contributed by atoms with Gasteiger partial charge in [0, 0.05) is 57.7 Å². The molecular formula is C59H61ClF10N7O12PS2. The van der Waals surface area contributed by atoms with Crippen LogP contribution in [-0.2, 0) is 97.1 Å². The topological polar surface area (TPSA) is 257 Å². The Kier molecular flexibility index (Phi) is 19.5. The summed E-state index contributed by atoms with van der Waals surface area (Å²) in [4.78, 5) is 45.2. The van der Waals surface area contributed by atoms with Crippen molar-refractivity contribution in [1.82, 2.24) is 34.6 Å². The van der Waals surface area contributed by atoms with Crippen molar-refractivity contribution < 1.29 is 98.4 Å². The number of phosphoric acid groups is 1. The van der Waals surface area contributed by atoms with E-state index in [4.69, 9.17) is 25.2 Å². The minimum Gasteiger partial charge on any atom is -0.481 e. The van der Waals surface area contributed by atoms with Gasteiger partial charge in [-0.15, -0.1) is 0 Å². The molecule has 3 N–H and O–H groups in total. The molecule has 0 radical (unpaired) electrons. The van der Waals surface area contributed by atoms with Crippen LogP contribution in [0.5, 0.6) is 5.75 Å². The molecular weight excluding hydrogens is 1320 g/mol. The third kappa shape index (κ3) is 15.9. The second-order valence-corrected chi connectivity index (χ2v) is 30.4. The molecule has 1 saturated carbocycles. The Morgan fingerprint density at radius 1 is 0.880 bits per heavy atom. The average molecular weight is 1380 g/mol. The van der Waals surface area contributed by atoms with Crippen molar-refractivity contribution in [1.29, 1.82) is 0 Å². The Labute approximate surface area is 526 Å². The molecule has 8 rings (SSSR count). The molecule has 2 amide bonds. The van der Waals surface area contributed by atoms with Gasteiger partial charge in [0.15, 0.2) is 15.5 Å². The van der Waals surface area contributed by atoms with Crippen molar-refractivity contribution in [2.45, 2.75) is 159 Å². The normalized spacial score (nSPS) is 16.3. The summed E-state index contributed by atoms with van der Waals surface area (Å²) in [6, 6.07) is 7.57. The average Bonchev–Trinajstić information content (AvgIpc) is 1.52. The second kappa shape index (κ2) is 25.3. The third-order valence-corrected chi connectivity index (χ3v) is 20.1. The van der Waals surface area contributed by atoms with E-state index in [0.717, 1.165) is 42.7 Å².